The minimum atomic E-state index is 0.924. The molecule has 0 radical (unpaired) electrons. The maximum atomic E-state index is 4.64. The molecule has 0 unspecified atom stereocenters. The van der Waals surface area contributed by atoms with E-state index in [1.165, 1.54) is 11.1 Å². The van der Waals surface area contributed by atoms with Crippen LogP contribution in [0.5, 0.6) is 0 Å². The van der Waals surface area contributed by atoms with Gasteiger partial charge in [-0.3, -0.25) is 9.98 Å². The van der Waals surface area contributed by atoms with Gasteiger partial charge in [0.1, 0.15) is 0 Å². The molecule has 2 heteroatoms. The van der Waals surface area contributed by atoms with Crippen LogP contribution in [-0.2, 0) is 12.8 Å². The van der Waals surface area contributed by atoms with E-state index >= 15 is 0 Å². The Labute approximate surface area is 118 Å². The SMILES string of the molecule is C(=CC1=Nc2ccccc2C1)C1=Nc2ccccc2C1. The molecule has 0 saturated heterocycles. The monoisotopic (exact) mass is 258 g/mol. The number of nitrogens with zero attached hydrogens (tertiary/aromatic N) is 2. The van der Waals surface area contributed by atoms with Gasteiger partial charge < -0.3 is 0 Å². The highest BCUT2D eigenvalue weighted by Crippen LogP contribution is 2.28. The van der Waals surface area contributed by atoms with Crippen LogP contribution in [0.1, 0.15) is 11.1 Å². The van der Waals surface area contributed by atoms with Crippen molar-refractivity contribution in [1.82, 2.24) is 0 Å². The van der Waals surface area contributed by atoms with Gasteiger partial charge in [-0.2, -0.15) is 0 Å². The van der Waals surface area contributed by atoms with Crippen LogP contribution in [0.4, 0.5) is 11.4 Å². The third-order valence-corrected chi connectivity index (χ3v) is 3.72. The van der Waals surface area contributed by atoms with E-state index in [9.17, 15) is 0 Å². The molecule has 4 rings (SSSR count). The lowest BCUT2D eigenvalue weighted by Crippen LogP contribution is -1.97. The summed E-state index contributed by atoms with van der Waals surface area (Å²) in [6.07, 6.45) is 6.05. The molecule has 0 saturated carbocycles. The molecular weight excluding hydrogens is 244 g/mol. The van der Waals surface area contributed by atoms with Gasteiger partial charge in [-0.25, -0.2) is 0 Å². The fourth-order valence-electron chi connectivity index (χ4n) is 2.70. The molecule has 0 fully saturated rings. The Morgan fingerprint density at radius 3 is 1.55 bits per heavy atom. The summed E-state index contributed by atoms with van der Waals surface area (Å²) >= 11 is 0. The summed E-state index contributed by atoms with van der Waals surface area (Å²) in [5.74, 6) is 0. The Hall–Kier alpha value is -2.48. The summed E-state index contributed by atoms with van der Waals surface area (Å²) in [6.45, 7) is 0. The van der Waals surface area contributed by atoms with Crippen LogP contribution in [0.25, 0.3) is 0 Å². The predicted molar refractivity (Wildman–Crippen MR) is 83.6 cm³/mol. The number of hydrogen-bond donors (Lipinski definition) is 0. The van der Waals surface area contributed by atoms with Gasteiger partial charge in [0, 0.05) is 24.3 Å². The number of hydrogen-bond acceptors (Lipinski definition) is 2. The predicted octanol–water partition coefficient (Wildman–Crippen LogP) is 4.20. The van der Waals surface area contributed by atoms with Gasteiger partial charge in [0.05, 0.1) is 11.4 Å². The van der Waals surface area contributed by atoms with Gasteiger partial charge in [0.15, 0.2) is 0 Å². The summed E-state index contributed by atoms with van der Waals surface area (Å²) < 4.78 is 0. The van der Waals surface area contributed by atoms with Crippen molar-refractivity contribution in [3.63, 3.8) is 0 Å². The van der Waals surface area contributed by atoms with Crippen molar-refractivity contribution >= 4 is 22.8 Å². The van der Waals surface area contributed by atoms with Crippen LogP contribution < -0.4 is 0 Å². The molecule has 0 bridgehead atoms. The first-order valence-corrected chi connectivity index (χ1v) is 6.87. The molecule has 2 nitrogen and oxygen atoms in total. The van der Waals surface area contributed by atoms with E-state index in [2.05, 4.69) is 58.5 Å². The van der Waals surface area contributed by atoms with Crippen molar-refractivity contribution in [3.8, 4) is 0 Å². The highest BCUT2D eigenvalue weighted by molar-refractivity contribution is 6.09. The van der Waals surface area contributed by atoms with Gasteiger partial charge in [-0.1, -0.05) is 36.4 Å². The molecule has 0 spiro atoms. The lowest BCUT2D eigenvalue weighted by Gasteiger charge is -1.93. The van der Waals surface area contributed by atoms with Crippen LogP contribution in [0.2, 0.25) is 0 Å². The molecule has 0 aliphatic carbocycles. The third kappa shape index (κ3) is 1.99. The number of rotatable bonds is 2. The molecule has 2 aliphatic rings. The highest BCUT2D eigenvalue weighted by atomic mass is 14.8. The number of benzene rings is 2. The van der Waals surface area contributed by atoms with Crippen molar-refractivity contribution in [2.45, 2.75) is 12.8 Å². The summed E-state index contributed by atoms with van der Waals surface area (Å²) in [6, 6.07) is 16.6. The van der Waals surface area contributed by atoms with Crippen molar-refractivity contribution < 1.29 is 0 Å². The smallest absolute Gasteiger partial charge is 0.0669 e. The maximum absolute atomic E-state index is 4.64. The van der Waals surface area contributed by atoms with Crippen LogP contribution in [0.3, 0.4) is 0 Å². The first-order valence-electron chi connectivity index (χ1n) is 6.87. The third-order valence-electron chi connectivity index (χ3n) is 3.72. The number of para-hydroxylation sites is 2. The summed E-state index contributed by atoms with van der Waals surface area (Å²) in [7, 11) is 0. The van der Waals surface area contributed by atoms with Crippen molar-refractivity contribution in [2.24, 2.45) is 9.98 Å². The van der Waals surface area contributed by atoms with E-state index in [1.54, 1.807) is 0 Å². The normalized spacial score (nSPS) is 16.0. The van der Waals surface area contributed by atoms with Crippen molar-refractivity contribution in [2.75, 3.05) is 0 Å². The average Bonchev–Trinajstić information content (AvgIpc) is 3.07. The highest BCUT2D eigenvalue weighted by Gasteiger charge is 2.13. The second-order valence-electron chi connectivity index (χ2n) is 5.15. The molecular formula is C18H14N2. The first-order chi connectivity index (χ1) is 9.88. The van der Waals surface area contributed by atoms with Gasteiger partial charge >= 0.3 is 0 Å². The van der Waals surface area contributed by atoms with Gasteiger partial charge in [-0.05, 0) is 35.4 Å². The Kier molecular flexibility index (Phi) is 2.59. The minimum Gasteiger partial charge on any atom is -0.253 e. The Morgan fingerprint density at radius 1 is 0.650 bits per heavy atom. The molecule has 0 aromatic heterocycles. The average molecular weight is 258 g/mol. The standard InChI is InChI=1S/C18H14N2/c1-3-7-17-13(5-1)11-15(19-17)9-10-16-12-14-6-2-4-8-18(14)20-16/h1-10H,11-12H2. The van der Waals surface area contributed by atoms with E-state index in [0.29, 0.717) is 0 Å². The topological polar surface area (TPSA) is 24.7 Å². The number of allylic oxidation sites excluding steroid dienone is 2. The molecule has 2 aromatic rings. The summed E-state index contributed by atoms with van der Waals surface area (Å²) in [5.41, 5.74) is 7.05. The minimum absolute atomic E-state index is 0.924. The van der Waals surface area contributed by atoms with Crippen LogP contribution in [0.15, 0.2) is 70.7 Å². The largest absolute Gasteiger partial charge is 0.253 e. The molecule has 2 heterocycles. The van der Waals surface area contributed by atoms with Crippen LogP contribution in [0, 0.1) is 0 Å². The maximum Gasteiger partial charge on any atom is 0.0669 e. The van der Waals surface area contributed by atoms with Crippen LogP contribution >= 0.6 is 0 Å². The quantitative estimate of drug-likeness (QED) is 0.771. The Morgan fingerprint density at radius 2 is 1.10 bits per heavy atom. The van der Waals surface area contributed by atoms with Gasteiger partial charge in [0.2, 0.25) is 0 Å². The first kappa shape index (κ1) is 11.4. The van der Waals surface area contributed by atoms with Gasteiger partial charge in [0.25, 0.3) is 0 Å². The Balaban J connectivity index is 1.53. The lowest BCUT2D eigenvalue weighted by molar-refractivity contribution is 1.39. The lowest BCUT2D eigenvalue weighted by atomic mass is 10.1. The summed E-state index contributed by atoms with van der Waals surface area (Å²) in [4.78, 5) is 9.27. The molecule has 20 heavy (non-hydrogen) atoms. The zero-order chi connectivity index (χ0) is 13.4. The van der Waals surface area contributed by atoms with E-state index in [4.69, 9.17) is 0 Å². The molecule has 2 aliphatic heterocycles. The van der Waals surface area contributed by atoms with E-state index in [1.807, 2.05) is 12.1 Å². The van der Waals surface area contributed by atoms with Crippen LogP contribution in [-0.4, -0.2) is 11.4 Å². The molecule has 0 N–H and O–H groups in total. The zero-order valence-electron chi connectivity index (χ0n) is 11.1. The second kappa shape index (κ2) is 4.57. The van der Waals surface area contributed by atoms with E-state index < -0.39 is 0 Å². The van der Waals surface area contributed by atoms with E-state index in [0.717, 1.165) is 35.6 Å². The molecule has 96 valence electrons. The van der Waals surface area contributed by atoms with E-state index in [-0.39, 0.29) is 0 Å². The van der Waals surface area contributed by atoms with Crippen molar-refractivity contribution in [1.29, 1.82) is 0 Å². The molecule has 0 atom stereocenters. The molecule has 2 aromatic carbocycles. The number of fused-ring (bicyclic) bond motifs is 2. The van der Waals surface area contributed by atoms with Gasteiger partial charge in [-0.15, -0.1) is 0 Å². The molecule has 0 amide bonds. The zero-order valence-corrected chi connectivity index (χ0v) is 11.1. The Bertz CT molecular complexity index is 701. The number of aliphatic imine (C=N–C) groups is 2. The summed E-state index contributed by atoms with van der Waals surface area (Å²) in [5, 5.41) is 0. The van der Waals surface area contributed by atoms with Crippen molar-refractivity contribution in [3.05, 3.63) is 71.8 Å². The fraction of sp³-hybridized carbons (Fsp3) is 0.111. The second-order valence-corrected chi connectivity index (χ2v) is 5.15. The fourth-order valence-corrected chi connectivity index (χ4v) is 2.70.